The van der Waals surface area contributed by atoms with Crippen molar-refractivity contribution in [1.82, 2.24) is 0 Å². The Bertz CT molecular complexity index is 895. The van der Waals surface area contributed by atoms with Crippen LogP contribution in [0.5, 0.6) is 0 Å². The molecule has 1 saturated heterocycles. The van der Waals surface area contributed by atoms with Crippen molar-refractivity contribution in [1.29, 1.82) is 0 Å². The van der Waals surface area contributed by atoms with E-state index in [-0.39, 0.29) is 19.2 Å². The van der Waals surface area contributed by atoms with E-state index in [4.69, 9.17) is 18.9 Å². The zero-order chi connectivity index (χ0) is 40.0. The zero-order valence-corrected chi connectivity index (χ0v) is 35.4. The van der Waals surface area contributed by atoms with Gasteiger partial charge in [0.05, 0.1) is 19.8 Å². The fourth-order valence-corrected chi connectivity index (χ4v) is 6.95. The van der Waals surface area contributed by atoms with E-state index in [0.717, 1.165) is 44.9 Å². The van der Waals surface area contributed by atoms with Crippen LogP contribution in [-0.2, 0) is 23.7 Å². The summed E-state index contributed by atoms with van der Waals surface area (Å²) in [6.45, 7) is 4.53. The highest BCUT2D eigenvalue weighted by Gasteiger charge is 2.44. The molecule has 0 bridgehead atoms. The van der Waals surface area contributed by atoms with Gasteiger partial charge in [-0.3, -0.25) is 4.79 Å². The summed E-state index contributed by atoms with van der Waals surface area (Å²) in [5.41, 5.74) is 0. The third-order valence-corrected chi connectivity index (χ3v) is 10.6. The van der Waals surface area contributed by atoms with Crippen LogP contribution < -0.4 is 0 Å². The monoisotopic (exact) mass is 783 g/mol. The number of ether oxygens (including phenoxy) is 4. The maximum atomic E-state index is 12.7. The second-order valence-corrected chi connectivity index (χ2v) is 15.8. The maximum absolute atomic E-state index is 12.7. The highest BCUT2D eigenvalue weighted by molar-refractivity contribution is 5.69. The molecular weight excluding hydrogens is 696 g/mol. The largest absolute Gasteiger partial charge is 0.457 e. The highest BCUT2D eigenvalue weighted by atomic mass is 16.7. The number of carbonyl (C=O) groups is 1. The van der Waals surface area contributed by atoms with E-state index in [1.54, 1.807) is 0 Å². The maximum Gasteiger partial charge on any atom is 0.306 e. The van der Waals surface area contributed by atoms with E-state index in [9.17, 15) is 25.2 Å². The van der Waals surface area contributed by atoms with Crippen LogP contribution in [0.25, 0.3) is 0 Å². The minimum Gasteiger partial charge on any atom is -0.457 e. The van der Waals surface area contributed by atoms with Gasteiger partial charge in [0, 0.05) is 13.0 Å². The van der Waals surface area contributed by atoms with Gasteiger partial charge in [0.25, 0.3) is 0 Å². The Morgan fingerprint density at radius 2 is 1.00 bits per heavy atom. The van der Waals surface area contributed by atoms with E-state index in [1.807, 2.05) is 0 Å². The number of hydrogen-bond donors (Lipinski definition) is 4. The SMILES string of the molecule is CCCCC/C=C\CCCCCCCC(=O)OC(COCCCCCCCCCCCC/C=C\CCCCCCCC)COC1OC(CO)C(O)C(O)C1O. The van der Waals surface area contributed by atoms with E-state index in [1.165, 1.54) is 135 Å². The predicted molar refractivity (Wildman–Crippen MR) is 224 cm³/mol. The van der Waals surface area contributed by atoms with Crippen molar-refractivity contribution in [2.24, 2.45) is 0 Å². The van der Waals surface area contributed by atoms with Crippen molar-refractivity contribution >= 4 is 5.97 Å². The van der Waals surface area contributed by atoms with E-state index < -0.39 is 43.4 Å². The average Bonchev–Trinajstić information content (AvgIpc) is 3.18. The summed E-state index contributed by atoms with van der Waals surface area (Å²) in [5.74, 6) is -0.323. The zero-order valence-electron chi connectivity index (χ0n) is 35.4. The van der Waals surface area contributed by atoms with Crippen molar-refractivity contribution in [3.05, 3.63) is 24.3 Å². The molecule has 0 aromatic rings. The number of allylic oxidation sites excluding steroid dienone is 4. The van der Waals surface area contributed by atoms with Gasteiger partial charge in [-0.15, -0.1) is 0 Å². The summed E-state index contributed by atoms with van der Waals surface area (Å²) < 4.78 is 22.8. The predicted octanol–water partition coefficient (Wildman–Crippen LogP) is 10.2. The molecule has 0 aromatic carbocycles. The summed E-state index contributed by atoms with van der Waals surface area (Å²) >= 11 is 0. The van der Waals surface area contributed by atoms with Crippen LogP contribution in [0.1, 0.15) is 200 Å². The van der Waals surface area contributed by atoms with Crippen molar-refractivity contribution in [2.75, 3.05) is 26.4 Å². The lowest BCUT2D eigenvalue weighted by Gasteiger charge is -2.39. The minimum absolute atomic E-state index is 0.115. The van der Waals surface area contributed by atoms with Crippen LogP contribution >= 0.6 is 0 Å². The average molecular weight is 783 g/mol. The summed E-state index contributed by atoms with van der Waals surface area (Å²) in [7, 11) is 0. The van der Waals surface area contributed by atoms with Crippen LogP contribution in [0.15, 0.2) is 24.3 Å². The van der Waals surface area contributed by atoms with Crippen LogP contribution in [0.2, 0.25) is 0 Å². The normalized spacial score (nSPS) is 20.9. The number of aliphatic hydroxyl groups excluding tert-OH is 4. The molecular formula is C46H86O9. The first-order valence-corrected chi connectivity index (χ1v) is 22.9. The molecule has 0 radical (unpaired) electrons. The molecule has 4 N–H and O–H groups in total. The third-order valence-electron chi connectivity index (χ3n) is 10.6. The Morgan fingerprint density at radius 1 is 0.564 bits per heavy atom. The second-order valence-electron chi connectivity index (χ2n) is 15.8. The van der Waals surface area contributed by atoms with E-state index in [0.29, 0.717) is 13.0 Å². The first-order valence-electron chi connectivity index (χ1n) is 22.9. The van der Waals surface area contributed by atoms with Crippen molar-refractivity contribution in [3.8, 4) is 0 Å². The molecule has 1 rings (SSSR count). The molecule has 0 aliphatic carbocycles. The Kier molecular flexibility index (Phi) is 35.9. The summed E-state index contributed by atoms with van der Waals surface area (Å²) in [6, 6.07) is 0. The van der Waals surface area contributed by atoms with Crippen LogP contribution in [0.4, 0.5) is 0 Å². The fraction of sp³-hybridized carbons (Fsp3) is 0.891. The van der Waals surface area contributed by atoms with Gasteiger partial charge in [0.1, 0.15) is 30.5 Å². The molecule has 1 aliphatic heterocycles. The van der Waals surface area contributed by atoms with Gasteiger partial charge in [0.15, 0.2) is 6.29 Å². The molecule has 1 aliphatic rings. The number of aliphatic hydroxyl groups is 4. The number of rotatable bonds is 39. The molecule has 6 atom stereocenters. The topological polar surface area (TPSA) is 135 Å². The van der Waals surface area contributed by atoms with Gasteiger partial charge in [-0.2, -0.15) is 0 Å². The van der Waals surface area contributed by atoms with Gasteiger partial charge >= 0.3 is 5.97 Å². The molecule has 0 aromatic heterocycles. The lowest BCUT2D eigenvalue weighted by molar-refractivity contribution is -0.305. The molecule has 324 valence electrons. The van der Waals surface area contributed by atoms with E-state index in [2.05, 4.69) is 38.2 Å². The lowest BCUT2D eigenvalue weighted by atomic mass is 9.99. The fourth-order valence-electron chi connectivity index (χ4n) is 6.95. The van der Waals surface area contributed by atoms with Crippen LogP contribution in [0, 0.1) is 0 Å². The first kappa shape index (κ1) is 51.7. The van der Waals surface area contributed by atoms with Gasteiger partial charge in [-0.05, 0) is 64.2 Å². The standard InChI is InChI=1S/C46H86O9/c1-3-5-7-9-11-13-15-17-18-19-20-21-22-23-24-26-28-30-32-34-36-52-38-40(39-53-46-45(51)44(50)43(49)41(37-47)55-46)54-42(48)35-33-31-29-27-25-16-14-12-10-8-6-4-2/h12,14,17-18,40-41,43-47,49-51H,3-11,13,15-16,19-39H2,1-2H3/b14-12-,18-17-. The molecule has 9 heteroatoms. The molecule has 55 heavy (non-hydrogen) atoms. The van der Waals surface area contributed by atoms with Gasteiger partial charge in [-0.25, -0.2) is 0 Å². The van der Waals surface area contributed by atoms with Crippen molar-refractivity contribution in [2.45, 2.75) is 237 Å². The molecule has 1 fully saturated rings. The van der Waals surface area contributed by atoms with Gasteiger partial charge in [-0.1, -0.05) is 154 Å². The Morgan fingerprint density at radius 3 is 1.51 bits per heavy atom. The smallest absolute Gasteiger partial charge is 0.306 e. The van der Waals surface area contributed by atoms with Gasteiger partial charge < -0.3 is 39.4 Å². The third kappa shape index (κ3) is 29.5. The van der Waals surface area contributed by atoms with Crippen molar-refractivity contribution < 1.29 is 44.2 Å². The molecule has 0 amide bonds. The number of esters is 1. The Labute approximate surface area is 337 Å². The Hall–Kier alpha value is -1.33. The summed E-state index contributed by atoms with van der Waals surface area (Å²) in [4.78, 5) is 12.7. The van der Waals surface area contributed by atoms with Gasteiger partial charge in [0.2, 0.25) is 0 Å². The van der Waals surface area contributed by atoms with Crippen LogP contribution in [0.3, 0.4) is 0 Å². The lowest BCUT2D eigenvalue weighted by Crippen LogP contribution is -2.59. The minimum atomic E-state index is -1.54. The van der Waals surface area contributed by atoms with E-state index >= 15 is 0 Å². The molecule has 0 spiro atoms. The number of unbranched alkanes of at least 4 members (excludes halogenated alkanes) is 24. The molecule has 0 saturated carbocycles. The highest BCUT2D eigenvalue weighted by Crippen LogP contribution is 2.22. The van der Waals surface area contributed by atoms with Crippen LogP contribution in [-0.4, -0.2) is 89.6 Å². The molecule has 1 heterocycles. The second kappa shape index (κ2) is 38.2. The summed E-state index contributed by atoms with van der Waals surface area (Å²) in [5, 5.41) is 40.1. The quantitative estimate of drug-likeness (QED) is 0.0273. The Balaban J connectivity index is 2.22. The number of hydrogen-bond acceptors (Lipinski definition) is 9. The first-order chi connectivity index (χ1) is 26.9. The molecule has 6 unspecified atom stereocenters. The summed E-state index contributed by atoms with van der Waals surface area (Å²) in [6.07, 6.45) is 36.3. The number of carbonyl (C=O) groups excluding carboxylic acids is 1. The molecule has 9 nitrogen and oxygen atoms in total. The van der Waals surface area contributed by atoms with Crippen molar-refractivity contribution in [3.63, 3.8) is 0 Å².